The number of hydrogen-bond donors (Lipinski definition) is 1. The van der Waals surface area contributed by atoms with E-state index in [0.717, 1.165) is 19.4 Å². The van der Waals surface area contributed by atoms with Crippen LogP contribution in [0.4, 0.5) is 13.2 Å². The van der Waals surface area contributed by atoms with Crippen molar-refractivity contribution >= 4 is 0 Å². The van der Waals surface area contributed by atoms with E-state index in [-0.39, 0.29) is 0 Å². The molecule has 1 heterocycles. The van der Waals surface area contributed by atoms with Crippen LogP contribution in [0.3, 0.4) is 0 Å². The van der Waals surface area contributed by atoms with Crippen molar-refractivity contribution in [2.24, 2.45) is 5.92 Å². The Hall–Kier alpha value is -0.330. The van der Waals surface area contributed by atoms with Crippen molar-refractivity contribution in [3.8, 4) is 0 Å². The van der Waals surface area contributed by atoms with E-state index in [4.69, 9.17) is 4.74 Å². The molecule has 1 aliphatic heterocycles. The Labute approximate surface area is 107 Å². The van der Waals surface area contributed by atoms with Crippen molar-refractivity contribution in [3.63, 3.8) is 0 Å². The molecule has 1 fully saturated rings. The van der Waals surface area contributed by atoms with Crippen LogP contribution in [-0.2, 0) is 4.74 Å². The maximum Gasteiger partial charge on any atom is 0.401 e. The molecule has 0 saturated carbocycles. The Balaban J connectivity index is 2.15. The molecule has 0 radical (unpaired) electrons. The number of nitrogens with zero attached hydrogens (tertiary/aromatic N) is 1. The Bertz CT molecular complexity index is 228. The standard InChI is InChI=1S/C12H23F3N2O/c1-10(8-18-2)7-16-11-3-5-17(6-4-11)9-12(13,14)15/h10-11,16H,3-9H2,1-2H3. The van der Waals surface area contributed by atoms with Gasteiger partial charge in [-0.05, 0) is 31.8 Å². The summed E-state index contributed by atoms with van der Waals surface area (Å²) in [5.41, 5.74) is 0. The van der Waals surface area contributed by atoms with Crippen molar-refractivity contribution in [2.45, 2.75) is 32.0 Å². The third kappa shape index (κ3) is 6.56. The summed E-state index contributed by atoms with van der Waals surface area (Å²) in [7, 11) is 1.67. The predicted octanol–water partition coefficient (Wildman–Crippen LogP) is 1.89. The Morgan fingerprint density at radius 2 is 1.94 bits per heavy atom. The van der Waals surface area contributed by atoms with Gasteiger partial charge in [-0.25, -0.2) is 0 Å². The smallest absolute Gasteiger partial charge is 0.384 e. The summed E-state index contributed by atoms with van der Waals surface area (Å²) < 4.78 is 41.7. The fourth-order valence-electron chi connectivity index (χ4n) is 2.26. The predicted molar refractivity (Wildman–Crippen MR) is 64.6 cm³/mol. The van der Waals surface area contributed by atoms with Gasteiger partial charge in [0.25, 0.3) is 0 Å². The number of halogens is 3. The van der Waals surface area contributed by atoms with Crippen LogP contribution in [-0.4, -0.2) is 57.0 Å². The highest BCUT2D eigenvalue weighted by Crippen LogP contribution is 2.19. The largest absolute Gasteiger partial charge is 0.401 e. The maximum atomic E-state index is 12.2. The van der Waals surface area contributed by atoms with E-state index in [9.17, 15) is 13.2 Å². The quantitative estimate of drug-likeness (QED) is 0.796. The van der Waals surface area contributed by atoms with Gasteiger partial charge in [-0.1, -0.05) is 6.92 Å². The summed E-state index contributed by atoms with van der Waals surface area (Å²) in [6.07, 6.45) is -2.50. The number of methoxy groups -OCH3 is 1. The van der Waals surface area contributed by atoms with Gasteiger partial charge in [0.05, 0.1) is 6.54 Å². The number of piperidine rings is 1. The zero-order chi connectivity index (χ0) is 13.6. The molecular weight excluding hydrogens is 245 g/mol. The first-order valence-electron chi connectivity index (χ1n) is 6.42. The second kappa shape index (κ2) is 7.31. The van der Waals surface area contributed by atoms with Crippen LogP contribution >= 0.6 is 0 Å². The summed E-state index contributed by atoms with van der Waals surface area (Å²) in [6, 6.07) is 0.341. The van der Waals surface area contributed by atoms with Crippen molar-refractivity contribution < 1.29 is 17.9 Å². The van der Waals surface area contributed by atoms with E-state index < -0.39 is 12.7 Å². The number of nitrogens with one attached hydrogen (secondary N) is 1. The minimum Gasteiger partial charge on any atom is -0.384 e. The molecule has 1 rings (SSSR count). The molecule has 108 valence electrons. The summed E-state index contributed by atoms with van der Waals surface area (Å²) in [4.78, 5) is 1.48. The lowest BCUT2D eigenvalue weighted by Gasteiger charge is -2.33. The number of likely N-dealkylation sites (tertiary alicyclic amines) is 1. The Morgan fingerprint density at radius 1 is 1.33 bits per heavy atom. The van der Waals surface area contributed by atoms with Crippen LogP contribution in [0.2, 0.25) is 0 Å². The van der Waals surface area contributed by atoms with Gasteiger partial charge >= 0.3 is 6.18 Å². The summed E-state index contributed by atoms with van der Waals surface area (Å²) in [5.74, 6) is 0.434. The van der Waals surface area contributed by atoms with Gasteiger partial charge in [0.15, 0.2) is 0 Å². The zero-order valence-corrected chi connectivity index (χ0v) is 11.1. The highest BCUT2D eigenvalue weighted by Gasteiger charge is 2.32. The first-order chi connectivity index (χ1) is 8.40. The number of ether oxygens (including phenoxy) is 1. The van der Waals surface area contributed by atoms with Crippen LogP contribution in [0, 0.1) is 5.92 Å². The van der Waals surface area contributed by atoms with Gasteiger partial charge < -0.3 is 10.1 Å². The van der Waals surface area contributed by atoms with E-state index in [0.29, 0.717) is 31.7 Å². The van der Waals surface area contributed by atoms with Crippen LogP contribution in [0.15, 0.2) is 0 Å². The molecule has 1 aliphatic rings. The average molecular weight is 268 g/mol. The number of hydrogen-bond acceptors (Lipinski definition) is 3. The highest BCUT2D eigenvalue weighted by molar-refractivity contribution is 4.78. The van der Waals surface area contributed by atoms with Gasteiger partial charge in [-0.3, -0.25) is 4.90 Å². The molecule has 18 heavy (non-hydrogen) atoms. The third-order valence-electron chi connectivity index (χ3n) is 3.20. The molecule has 0 aromatic carbocycles. The topological polar surface area (TPSA) is 24.5 Å². The molecule has 1 N–H and O–H groups in total. The zero-order valence-electron chi connectivity index (χ0n) is 11.1. The van der Waals surface area contributed by atoms with Gasteiger partial charge in [-0.2, -0.15) is 13.2 Å². The monoisotopic (exact) mass is 268 g/mol. The minimum atomic E-state index is -4.08. The lowest BCUT2D eigenvalue weighted by molar-refractivity contribution is -0.148. The molecule has 3 nitrogen and oxygen atoms in total. The van der Waals surface area contributed by atoms with Crippen LogP contribution in [0.25, 0.3) is 0 Å². The summed E-state index contributed by atoms with van der Waals surface area (Å²) in [6.45, 7) is 3.93. The van der Waals surface area contributed by atoms with Crippen LogP contribution < -0.4 is 5.32 Å². The second-order valence-corrected chi connectivity index (χ2v) is 5.13. The summed E-state index contributed by atoms with van der Waals surface area (Å²) >= 11 is 0. The Kier molecular flexibility index (Phi) is 6.38. The van der Waals surface area contributed by atoms with Gasteiger partial charge in [0, 0.05) is 26.3 Å². The molecule has 1 atom stereocenters. The fraction of sp³-hybridized carbons (Fsp3) is 1.00. The lowest BCUT2D eigenvalue weighted by atomic mass is 10.0. The molecule has 0 aromatic rings. The number of alkyl halides is 3. The molecule has 1 saturated heterocycles. The molecule has 0 aromatic heterocycles. The molecule has 0 aliphatic carbocycles. The third-order valence-corrected chi connectivity index (χ3v) is 3.20. The molecule has 1 unspecified atom stereocenters. The molecule has 0 spiro atoms. The maximum absolute atomic E-state index is 12.2. The van der Waals surface area contributed by atoms with Crippen molar-refractivity contribution in [1.29, 1.82) is 0 Å². The summed E-state index contributed by atoms with van der Waals surface area (Å²) in [5, 5.41) is 3.40. The number of rotatable bonds is 6. The van der Waals surface area contributed by atoms with Gasteiger partial charge in [0.2, 0.25) is 0 Å². The lowest BCUT2D eigenvalue weighted by Crippen LogP contribution is -2.46. The van der Waals surface area contributed by atoms with Crippen molar-refractivity contribution in [2.75, 3.05) is 39.9 Å². The van der Waals surface area contributed by atoms with Crippen LogP contribution in [0.5, 0.6) is 0 Å². The van der Waals surface area contributed by atoms with E-state index in [1.807, 2.05) is 0 Å². The van der Waals surface area contributed by atoms with Crippen LogP contribution in [0.1, 0.15) is 19.8 Å². The van der Waals surface area contributed by atoms with E-state index in [1.54, 1.807) is 7.11 Å². The van der Waals surface area contributed by atoms with E-state index >= 15 is 0 Å². The normalized spacial score (nSPS) is 21.2. The first-order valence-corrected chi connectivity index (χ1v) is 6.42. The molecule has 6 heteroatoms. The van der Waals surface area contributed by atoms with E-state index in [1.165, 1.54) is 4.90 Å². The van der Waals surface area contributed by atoms with Gasteiger partial charge in [-0.15, -0.1) is 0 Å². The first kappa shape index (κ1) is 15.7. The van der Waals surface area contributed by atoms with Crippen molar-refractivity contribution in [1.82, 2.24) is 10.2 Å². The fourth-order valence-corrected chi connectivity index (χ4v) is 2.26. The molecular formula is C12H23F3N2O. The SMILES string of the molecule is COCC(C)CNC1CCN(CC(F)(F)F)CC1. The highest BCUT2D eigenvalue weighted by atomic mass is 19.4. The second-order valence-electron chi connectivity index (χ2n) is 5.13. The van der Waals surface area contributed by atoms with Crippen molar-refractivity contribution in [3.05, 3.63) is 0 Å². The Morgan fingerprint density at radius 3 is 2.44 bits per heavy atom. The molecule has 0 bridgehead atoms. The average Bonchev–Trinajstić information content (AvgIpc) is 2.26. The van der Waals surface area contributed by atoms with Gasteiger partial charge in [0.1, 0.15) is 0 Å². The van der Waals surface area contributed by atoms with E-state index in [2.05, 4.69) is 12.2 Å². The minimum absolute atomic E-state index is 0.341. The molecule has 0 amide bonds.